The summed E-state index contributed by atoms with van der Waals surface area (Å²) in [5.41, 5.74) is 0.0180. The lowest BCUT2D eigenvalue weighted by atomic mass is 9.77. The standard InChI is InChI=1S/C15H26N4O2/c1-10(2)9-15(7-5-6-8-15)14-16-17-18-19(14)12(4)11(3)13(20)21/h10-12H,5-9H2,1-4H3,(H,20,21). The normalized spacial score (nSPS) is 20.6. The molecule has 2 unspecified atom stereocenters. The molecule has 2 atom stereocenters. The molecule has 1 heterocycles. The minimum Gasteiger partial charge on any atom is -0.481 e. The van der Waals surface area contributed by atoms with Gasteiger partial charge in [0.15, 0.2) is 5.82 Å². The van der Waals surface area contributed by atoms with E-state index in [4.69, 9.17) is 0 Å². The number of carboxylic acid groups (broad SMARTS) is 1. The number of rotatable bonds is 6. The number of aromatic nitrogens is 4. The van der Waals surface area contributed by atoms with Crippen molar-refractivity contribution in [2.45, 2.75) is 71.3 Å². The van der Waals surface area contributed by atoms with Gasteiger partial charge in [-0.05, 0) is 49.5 Å². The minimum absolute atomic E-state index is 0.0180. The molecule has 1 aliphatic carbocycles. The molecule has 6 heteroatoms. The third-order valence-electron chi connectivity index (χ3n) is 4.83. The molecule has 0 spiro atoms. The van der Waals surface area contributed by atoms with E-state index in [0.29, 0.717) is 5.92 Å². The molecule has 1 aromatic heterocycles. The zero-order chi connectivity index (χ0) is 15.6. The second-order valence-corrected chi connectivity index (χ2v) is 6.90. The Morgan fingerprint density at radius 1 is 1.29 bits per heavy atom. The largest absolute Gasteiger partial charge is 0.481 e. The van der Waals surface area contributed by atoms with E-state index in [1.54, 1.807) is 11.6 Å². The van der Waals surface area contributed by atoms with E-state index in [-0.39, 0.29) is 11.5 Å². The van der Waals surface area contributed by atoms with Crippen molar-refractivity contribution in [2.75, 3.05) is 0 Å². The van der Waals surface area contributed by atoms with Gasteiger partial charge in [0, 0.05) is 5.41 Å². The molecule has 118 valence electrons. The van der Waals surface area contributed by atoms with Crippen molar-refractivity contribution < 1.29 is 9.90 Å². The Hall–Kier alpha value is -1.46. The van der Waals surface area contributed by atoms with Crippen molar-refractivity contribution >= 4 is 5.97 Å². The Labute approximate surface area is 125 Å². The van der Waals surface area contributed by atoms with Gasteiger partial charge < -0.3 is 5.11 Å². The molecule has 6 nitrogen and oxygen atoms in total. The van der Waals surface area contributed by atoms with Crippen LogP contribution in [0.2, 0.25) is 0 Å². The summed E-state index contributed by atoms with van der Waals surface area (Å²) in [6, 6.07) is -0.239. The summed E-state index contributed by atoms with van der Waals surface area (Å²) in [5, 5.41) is 21.5. The molecule has 1 saturated carbocycles. The van der Waals surface area contributed by atoms with E-state index in [1.807, 2.05) is 6.92 Å². The number of aliphatic carboxylic acids is 1. The summed E-state index contributed by atoms with van der Waals surface area (Å²) in [6.07, 6.45) is 5.64. The van der Waals surface area contributed by atoms with Crippen LogP contribution in [0.1, 0.15) is 71.7 Å². The molecule has 1 aliphatic rings. The van der Waals surface area contributed by atoms with Gasteiger partial charge in [-0.25, -0.2) is 4.68 Å². The van der Waals surface area contributed by atoms with E-state index in [2.05, 4.69) is 29.4 Å². The quantitative estimate of drug-likeness (QED) is 0.872. The molecule has 0 aromatic carbocycles. The first-order chi connectivity index (χ1) is 9.87. The average Bonchev–Trinajstić information content (AvgIpc) is 3.05. The van der Waals surface area contributed by atoms with Crippen LogP contribution < -0.4 is 0 Å². The highest BCUT2D eigenvalue weighted by molar-refractivity contribution is 5.70. The lowest BCUT2D eigenvalue weighted by Crippen LogP contribution is -2.32. The van der Waals surface area contributed by atoms with Gasteiger partial charge in [-0.15, -0.1) is 5.10 Å². The van der Waals surface area contributed by atoms with Crippen LogP contribution in [-0.4, -0.2) is 31.3 Å². The SMILES string of the molecule is CC(C)CC1(c2nnnn2C(C)C(C)C(=O)O)CCCC1. The van der Waals surface area contributed by atoms with Gasteiger partial charge >= 0.3 is 5.97 Å². The van der Waals surface area contributed by atoms with Crippen LogP contribution in [0.3, 0.4) is 0 Å². The monoisotopic (exact) mass is 294 g/mol. The van der Waals surface area contributed by atoms with Crippen LogP contribution in [0.4, 0.5) is 0 Å². The molecule has 0 aliphatic heterocycles. The Kier molecular flexibility index (Phi) is 4.64. The van der Waals surface area contributed by atoms with Crippen molar-refractivity contribution in [1.29, 1.82) is 0 Å². The van der Waals surface area contributed by atoms with Gasteiger partial charge in [0.2, 0.25) is 0 Å². The van der Waals surface area contributed by atoms with Gasteiger partial charge in [0.1, 0.15) is 0 Å². The van der Waals surface area contributed by atoms with Gasteiger partial charge in [-0.2, -0.15) is 0 Å². The highest BCUT2D eigenvalue weighted by atomic mass is 16.4. The first-order valence-electron chi connectivity index (χ1n) is 7.88. The first kappa shape index (κ1) is 15.9. The molecular weight excluding hydrogens is 268 g/mol. The molecule has 2 rings (SSSR count). The van der Waals surface area contributed by atoms with Crippen molar-refractivity contribution in [3.8, 4) is 0 Å². The van der Waals surface area contributed by atoms with Gasteiger partial charge in [0.25, 0.3) is 0 Å². The van der Waals surface area contributed by atoms with E-state index in [1.165, 1.54) is 12.8 Å². The summed E-state index contributed by atoms with van der Waals surface area (Å²) in [5.74, 6) is 0.132. The molecule has 1 fully saturated rings. The number of carbonyl (C=O) groups is 1. The van der Waals surface area contributed by atoms with Crippen LogP contribution >= 0.6 is 0 Å². The van der Waals surface area contributed by atoms with Gasteiger partial charge in [-0.1, -0.05) is 26.7 Å². The average molecular weight is 294 g/mol. The van der Waals surface area contributed by atoms with E-state index < -0.39 is 11.9 Å². The Morgan fingerprint density at radius 3 is 2.43 bits per heavy atom. The third kappa shape index (κ3) is 3.09. The second kappa shape index (κ2) is 6.12. The zero-order valence-corrected chi connectivity index (χ0v) is 13.4. The Bertz CT molecular complexity index is 492. The number of carboxylic acids is 1. The molecule has 1 aromatic rings. The Morgan fingerprint density at radius 2 is 1.90 bits per heavy atom. The predicted octanol–water partition coefficient (Wildman–Crippen LogP) is 2.81. The lowest BCUT2D eigenvalue weighted by Gasteiger charge is -2.31. The van der Waals surface area contributed by atoms with Crippen LogP contribution in [0.15, 0.2) is 0 Å². The molecule has 0 amide bonds. The second-order valence-electron chi connectivity index (χ2n) is 6.90. The predicted molar refractivity (Wildman–Crippen MR) is 78.9 cm³/mol. The van der Waals surface area contributed by atoms with Crippen LogP contribution in [0, 0.1) is 11.8 Å². The molecule has 0 radical (unpaired) electrons. The lowest BCUT2D eigenvalue weighted by molar-refractivity contribution is -0.142. The smallest absolute Gasteiger partial charge is 0.308 e. The van der Waals surface area contributed by atoms with Crippen LogP contribution in [0.25, 0.3) is 0 Å². The van der Waals surface area contributed by atoms with Crippen molar-refractivity contribution in [3.63, 3.8) is 0 Å². The number of hydrogen-bond acceptors (Lipinski definition) is 4. The van der Waals surface area contributed by atoms with Gasteiger partial charge in [0.05, 0.1) is 12.0 Å². The highest BCUT2D eigenvalue weighted by Crippen LogP contribution is 2.45. The highest BCUT2D eigenvalue weighted by Gasteiger charge is 2.42. The number of hydrogen-bond donors (Lipinski definition) is 1. The van der Waals surface area contributed by atoms with E-state index >= 15 is 0 Å². The number of tetrazole rings is 1. The van der Waals surface area contributed by atoms with Crippen molar-refractivity contribution in [3.05, 3.63) is 5.82 Å². The molecule has 21 heavy (non-hydrogen) atoms. The summed E-state index contributed by atoms with van der Waals surface area (Å²) >= 11 is 0. The van der Waals surface area contributed by atoms with E-state index in [9.17, 15) is 9.90 Å². The third-order valence-corrected chi connectivity index (χ3v) is 4.83. The van der Waals surface area contributed by atoms with Crippen LogP contribution in [0.5, 0.6) is 0 Å². The maximum Gasteiger partial charge on any atom is 0.308 e. The molecule has 1 N–H and O–H groups in total. The maximum atomic E-state index is 11.2. The molecule has 0 saturated heterocycles. The fraction of sp³-hybridized carbons (Fsp3) is 0.867. The van der Waals surface area contributed by atoms with Crippen molar-refractivity contribution in [2.24, 2.45) is 11.8 Å². The summed E-state index contributed by atoms with van der Waals surface area (Å²) < 4.78 is 1.76. The fourth-order valence-electron chi connectivity index (χ4n) is 3.59. The Balaban J connectivity index is 2.35. The number of nitrogens with zero attached hydrogens (tertiary/aromatic N) is 4. The van der Waals surface area contributed by atoms with Crippen molar-refractivity contribution in [1.82, 2.24) is 20.2 Å². The zero-order valence-electron chi connectivity index (χ0n) is 13.4. The fourth-order valence-corrected chi connectivity index (χ4v) is 3.59. The van der Waals surface area contributed by atoms with E-state index in [0.717, 1.165) is 25.1 Å². The molecule has 0 bridgehead atoms. The summed E-state index contributed by atoms with van der Waals surface area (Å²) in [6.45, 7) is 8.04. The van der Waals surface area contributed by atoms with Crippen LogP contribution in [-0.2, 0) is 10.2 Å². The first-order valence-corrected chi connectivity index (χ1v) is 7.88. The summed E-state index contributed by atoms with van der Waals surface area (Å²) in [7, 11) is 0. The maximum absolute atomic E-state index is 11.2. The van der Waals surface area contributed by atoms with Gasteiger partial charge in [-0.3, -0.25) is 4.79 Å². The topological polar surface area (TPSA) is 80.9 Å². The molecular formula is C15H26N4O2. The summed E-state index contributed by atoms with van der Waals surface area (Å²) in [4.78, 5) is 11.2. The minimum atomic E-state index is -0.812.